The molecular weight excluding hydrogens is 220 g/mol. The van der Waals surface area contributed by atoms with E-state index in [4.69, 9.17) is 11.6 Å². The largest absolute Gasteiger partial charge is 0.342 e. The van der Waals surface area contributed by atoms with E-state index in [1.54, 1.807) is 0 Å². The molecule has 0 radical (unpaired) electrons. The molecule has 0 unspecified atom stereocenters. The number of hydrogen-bond acceptors (Lipinski definition) is 1. The van der Waals surface area contributed by atoms with Gasteiger partial charge in [0.1, 0.15) is 5.82 Å². The summed E-state index contributed by atoms with van der Waals surface area (Å²) in [5.41, 5.74) is 2.12. The van der Waals surface area contributed by atoms with Gasteiger partial charge in [-0.05, 0) is 11.5 Å². The molecule has 0 saturated carbocycles. The number of halogens is 1. The van der Waals surface area contributed by atoms with Crippen LogP contribution in [0.5, 0.6) is 0 Å². The summed E-state index contributed by atoms with van der Waals surface area (Å²) in [6.45, 7) is 0. The van der Waals surface area contributed by atoms with Crippen molar-refractivity contribution in [1.82, 2.24) is 9.97 Å². The number of benzene rings is 2. The van der Waals surface area contributed by atoms with Crippen molar-refractivity contribution >= 4 is 33.4 Å². The normalized spacial score (nSPS) is 11.3. The van der Waals surface area contributed by atoms with Crippen LogP contribution in [0.3, 0.4) is 0 Å². The zero-order valence-corrected chi connectivity index (χ0v) is 9.46. The number of aromatic nitrogens is 2. The molecule has 1 heterocycles. The lowest BCUT2D eigenvalue weighted by Crippen LogP contribution is -1.87. The van der Waals surface area contributed by atoms with Crippen LogP contribution in [0.4, 0.5) is 0 Å². The van der Waals surface area contributed by atoms with E-state index >= 15 is 0 Å². The summed E-state index contributed by atoms with van der Waals surface area (Å²) >= 11 is 5.72. The zero-order valence-electron chi connectivity index (χ0n) is 8.70. The number of nitrogens with one attached hydrogen (secondary N) is 1. The van der Waals surface area contributed by atoms with Crippen LogP contribution in [0.1, 0.15) is 5.82 Å². The summed E-state index contributed by atoms with van der Waals surface area (Å²) in [4.78, 5) is 7.88. The summed E-state index contributed by atoms with van der Waals surface area (Å²) < 4.78 is 0. The van der Waals surface area contributed by atoms with Crippen molar-refractivity contribution in [2.45, 2.75) is 6.42 Å². The first kappa shape index (κ1) is 9.67. The first-order chi connectivity index (χ1) is 7.88. The van der Waals surface area contributed by atoms with Gasteiger partial charge in [0.15, 0.2) is 0 Å². The van der Waals surface area contributed by atoms with Crippen molar-refractivity contribution in [3.05, 3.63) is 42.2 Å². The van der Waals surface area contributed by atoms with Crippen LogP contribution in [0.25, 0.3) is 21.8 Å². The maximum absolute atomic E-state index is 5.72. The van der Waals surface area contributed by atoms with Crippen molar-refractivity contribution in [3.63, 3.8) is 0 Å². The van der Waals surface area contributed by atoms with Gasteiger partial charge in [0, 0.05) is 17.7 Å². The number of alkyl halides is 1. The highest BCUT2D eigenvalue weighted by molar-refractivity contribution is 6.18. The number of nitrogens with zero attached hydrogens (tertiary/aromatic N) is 1. The van der Waals surface area contributed by atoms with Crippen LogP contribution in [-0.4, -0.2) is 15.8 Å². The second kappa shape index (κ2) is 3.80. The minimum Gasteiger partial charge on any atom is -0.342 e. The summed E-state index contributed by atoms with van der Waals surface area (Å²) in [6, 6.07) is 12.5. The molecule has 0 saturated heterocycles. The number of imidazole rings is 1. The van der Waals surface area contributed by atoms with Crippen molar-refractivity contribution < 1.29 is 0 Å². The molecular formula is C13H11ClN2. The van der Waals surface area contributed by atoms with Gasteiger partial charge in [-0.25, -0.2) is 4.98 Å². The summed E-state index contributed by atoms with van der Waals surface area (Å²) in [5, 5.41) is 2.41. The first-order valence-corrected chi connectivity index (χ1v) is 5.84. The maximum Gasteiger partial charge on any atom is 0.108 e. The fourth-order valence-electron chi connectivity index (χ4n) is 2.00. The van der Waals surface area contributed by atoms with Crippen LogP contribution >= 0.6 is 11.6 Å². The van der Waals surface area contributed by atoms with Crippen molar-refractivity contribution in [1.29, 1.82) is 0 Å². The molecule has 16 heavy (non-hydrogen) atoms. The third-order valence-electron chi connectivity index (χ3n) is 2.76. The fourth-order valence-corrected chi connectivity index (χ4v) is 2.18. The number of rotatable bonds is 2. The van der Waals surface area contributed by atoms with Gasteiger partial charge in [-0.1, -0.05) is 30.3 Å². The van der Waals surface area contributed by atoms with Crippen molar-refractivity contribution in [2.24, 2.45) is 0 Å². The molecule has 1 aromatic heterocycles. The molecule has 2 aromatic carbocycles. The Kier molecular flexibility index (Phi) is 2.29. The molecule has 80 valence electrons. The van der Waals surface area contributed by atoms with Crippen LogP contribution < -0.4 is 0 Å². The standard InChI is InChI=1S/C13H11ClN2/c14-8-7-12-15-11-6-5-9-3-1-2-4-10(9)13(11)16-12/h1-6H,7-8H2,(H,15,16). The lowest BCUT2D eigenvalue weighted by molar-refractivity contribution is 1.01. The Bertz CT molecular complexity index is 643. The van der Waals surface area contributed by atoms with Crippen LogP contribution in [0, 0.1) is 0 Å². The molecule has 0 atom stereocenters. The minimum absolute atomic E-state index is 0.595. The Labute approximate surface area is 98.3 Å². The highest BCUT2D eigenvalue weighted by atomic mass is 35.5. The molecule has 0 fully saturated rings. The summed E-state index contributed by atoms with van der Waals surface area (Å²) in [7, 11) is 0. The lowest BCUT2D eigenvalue weighted by Gasteiger charge is -1.96. The minimum atomic E-state index is 0.595. The van der Waals surface area contributed by atoms with E-state index in [-0.39, 0.29) is 0 Å². The predicted molar refractivity (Wildman–Crippen MR) is 68.0 cm³/mol. The van der Waals surface area contributed by atoms with E-state index < -0.39 is 0 Å². The Morgan fingerprint density at radius 1 is 1.12 bits per heavy atom. The Morgan fingerprint density at radius 2 is 2.00 bits per heavy atom. The third-order valence-corrected chi connectivity index (χ3v) is 2.95. The first-order valence-electron chi connectivity index (χ1n) is 5.31. The zero-order chi connectivity index (χ0) is 11.0. The molecule has 0 aliphatic rings. The van der Waals surface area contributed by atoms with E-state index in [1.165, 1.54) is 10.8 Å². The van der Waals surface area contributed by atoms with Crippen molar-refractivity contribution in [3.8, 4) is 0 Å². The fraction of sp³-hybridized carbons (Fsp3) is 0.154. The average Bonchev–Trinajstić information content (AvgIpc) is 2.72. The van der Waals surface area contributed by atoms with Crippen molar-refractivity contribution in [2.75, 3.05) is 5.88 Å². The van der Waals surface area contributed by atoms with E-state index in [0.717, 1.165) is 23.3 Å². The van der Waals surface area contributed by atoms with Gasteiger partial charge in [0.2, 0.25) is 0 Å². The van der Waals surface area contributed by atoms with Gasteiger partial charge < -0.3 is 4.98 Å². The Morgan fingerprint density at radius 3 is 2.88 bits per heavy atom. The third kappa shape index (κ3) is 1.46. The van der Waals surface area contributed by atoms with Crippen LogP contribution in [0.15, 0.2) is 36.4 Å². The van der Waals surface area contributed by atoms with Crippen LogP contribution in [-0.2, 0) is 6.42 Å². The molecule has 3 rings (SSSR count). The lowest BCUT2D eigenvalue weighted by atomic mass is 10.1. The van der Waals surface area contributed by atoms with Gasteiger partial charge in [-0.2, -0.15) is 0 Å². The molecule has 3 aromatic rings. The summed E-state index contributed by atoms with van der Waals surface area (Å²) in [6.07, 6.45) is 0.782. The molecule has 0 bridgehead atoms. The van der Waals surface area contributed by atoms with E-state index in [1.807, 2.05) is 12.1 Å². The smallest absolute Gasteiger partial charge is 0.108 e. The number of aryl methyl sites for hydroxylation is 1. The molecule has 1 N–H and O–H groups in total. The molecule has 2 nitrogen and oxygen atoms in total. The number of aromatic amines is 1. The van der Waals surface area contributed by atoms with Crippen LogP contribution in [0.2, 0.25) is 0 Å². The molecule has 0 aliphatic heterocycles. The second-order valence-corrected chi connectivity index (χ2v) is 4.18. The van der Waals surface area contributed by atoms with Gasteiger partial charge >= 0.3 is 0 Å². The van der Waals surface area contributed by atoms with E-state index in [2.05, 4.69) is 34.2 Å². The SMILES string of the molecule is ClCCc1nc2c(ccc3ccccc32)[nH]1. The Hall–Kier alpha value is -1.54. The number of H-pyrrole nitrogens is 1. The quantitative estimate of drug-likeness (QED) is 0.671. The predicted octanol–water partition coefficient (Wildman–Crippen LogP) is 3.50. The second-order valence-electron chi connectivity index (χ2n) is 3.81. The van der Waals surface area contributed by atoms with Gasteiger partial charge in [-0.3, -0.25) is 0 Å². The number of hydrogen-bond donors (Lipinski definition) is 1. The van der Waals surface area contributed by atoms with Gasteiger partial charge in [0.25, 0.3) is 0 Å². The summed E-state index contributed by atoms with van der Waals surface area (Å²) in [5.74, 6) is 1.55. The monoisotopic (exact) mass is 230 g/mol. The molecule has 3 heteroatoms. The topological polar surface area (TPSA) is 28.7 Å². The molecule has 0 aliphatic carbocycles. The molecule has 0 spiro atoms. The maximum atomic E-state index is 5.72. The van der Waals surface area contributed by atoms with Gasteiger partial charge in [-0.15, -0.1) is 11.6 Å². The average molecular weight is 231 g/mol. The number of fused-ring (bicyclic) bond motifs is 3. The van der Waals surface area contributed by atoms with Gasteiger partial charge in [0.05, 0.1) is 11.0 Å². The highest BCUT2D eigenvalue weighted by Crippen LogP contribution is 2.23. The van der Waals surface area contributed by atoms with E-state index in [9.17, 15) is 0 Å². The Balaban J connectivity index is 2.32. The van der Waals surface area contributed by atoms with E-state index in [0.29, 0.717) is 5.88 Å². The molecule has 0 amide bonds. The highest BCUT2D eigenvalue weighted by Gasteiger charge is 2.05.